The minimum atomic E-state index is -0.463. The van der Waals surface area contributed by atoms with Gasteiger partial charge < -0.3 is 14.6 Å². The molecule has 3 aromatic heterocycles. The lowest BCUT2D eigenvalue weighted by Gasteiger charge is -2.12. The second-order valence-corrected chi connectivity index (χ2v) is 7.73. The van der Waals surface area contributed by atoms with Crippen molar-refractivity contribution in [2.45, 2.75) is 39.2 Å². The van der Waals surface area contributed by atoms with Crippen LogP contribution >= 0.6 is 11.3 Å². The second-order valence-electron chi connectivity index (χ2n) is 6.62. The molecule has 0 radical (unpaired) electrons. The number of nitrogens with zero attached hydrogens (tertiary/aromatic N) is 2. The SMILES string of the molecule is Cc1cc(COC(=O)c2c(NC(=O)c3cccnc3)sc3c2CCCC3)on1. The second kappa shape index (κ2) is 7.93. The summed E-state index contributed by atoms with van der Waals surface area (Å²) in [4.78, 5) is 30.5. The van der Waals surface area contributed by atoms with Crippen molar-refractivity contribution in [3.8, 4) is 0 Å². The number of pyridine rings is 1. The summed E-state index contributed by atoms with van der Waals surface area (Å²) in [6.45, 7) is 1.80. The molecule has 3 aromatic rings. The summed E-state index contributed by atoms with van der Waals surface area (Å²) >= 11 is 1.45. The van der Waals surface area contributed by atoms with Crippen LogP contribution in [-0.2, 0) is 24.2 Å². The van der Waals surface area contributed by atoms with E-state index in [1.54, 1.807) is 31.3 Å². The van der Waals surface area contributed by atoms with E-state index >= 15 is 0 Å². The van der Waals surface area contributed by atoms with Crippen LogP contribution in [0.4, 0.5) is 5.00 Å². The van der Waals surface area contributed by atoms with Gasteiger partial charge in [-0.25, -0.2) is 4.79 Å². The van der Waals surface area contributed by atoms with Crippen molar-refractivity contribution in [3.63, 3.8) is 0 Å². The third-order valence-electron chi connectivity index (χ3n) is 4.55. The predicted molar refractivity (Wildman–Crippen MR) is 104 cm³/mol. The number of nitrogens with one attached hydrogen (secondary N) is 1. The molecule has 0 spiro atoms. The molecule has 0 unspecified atom stereocenters. The van der Waals surface area contributed by atoms with Crippen molar-refractivity contribution in [2.75, 3.05) is 5.32 Å². The third-order valence-corrected chi connectivity index (χ3v) is 5.76. The smallest absolute Gasteiger partial charge is 0.341 e. The van der Waals surface area contributed by atoms with Crippen molar-refractivity contribution in [3.05, 3.63) is 63.6 Å². The van der Waals surface area contributed by atoms with E-state index in [2.05, 4.69) is 15.5 Å². The Morgan fingerprint density at radius 1 is 1.32 bits per heavy atom. The Bertz CT molecular complexity index is 1010. The molecule has 1 aliphatic rings. The summed E-state index contributed by atoms with van der Waals surface area (Å²) in [6.07, 6.45) is 6.91. The van der Waals surface area contributed by atoms with Gasteiger partial charge in [-0.15, -0.1) is 11.3 Å². The lowest BCUT2D eigenvalue weighted by molar-refractivity contribution is 0.0437. The first kappa shape index (κ1) is 18.4. The van der Waals surface area contributed by atoms with Crippen LogP contribution in [0.2, 0.25) is 0 Å². The first-order chi connectivity index (χ1) is 13.6. The summed E-state index contributed by atoms with van der Waals surface area (Å²) in [5, 5.41) is 7.19. The number of ether oxygens (including phenoxy) is 1. The maximum absolute atomic E-state index is 12.9. The zero-order valence-corrected chi connectivity index (χ0v) is 16.2. The lowest BCUT2D eigenvalue weighted by Crippen LogP contribution is -2.15. The van der Waals surface area contributed by atoms with Gasteiger partial charge in [-0.2, -0.15) is 0 Å². The van der Waals surface area contributed by atoms with Crippen LogP contribution in [0.15, 0.2) is 35.1 Å². The predicted octanol–water partition coefficient (Wildman–Crippen LogP) is 3.93. The molecule has 8 heteroatoms. The van der Waals surface area contributed by atoms with Crippen LogP contribution in [0.25, 0.3) is 0 Å². The molecule has 4 rings (SSSR count). The topological polar surface area (TPSA) is 94.3 Å². The molecule has 1 amide bonds. The van der Waals surface area contributed by atoms with Crippen LogP contribution in [0.3, 0.4) is 0 Å². The number of amides is 1. The summed E-state index contributed by atoms with van der Waals surface area (Å²) < 4.78 is 10.5. The van der Waals surface area contributed by atoms with Crippen molar-refractivity contribution in [1.82, 2.24) is 10.1 Å². The Kier molecular flexibility index (Phi) is 5.21. The van der Waals surface area contributed by atoms with Crippen molar-refractivity contribution in [2.24, 2.45) is 0 Å². The molecule has 0 aliphatic heterocycles. The summed E-state index contributed by atoms with van der Waals surface area (Å²) in [7, 11) is 0. The number of carbonyl (C=O) groups is 2. The number of aromatic nitrogens is 2. The number of aryl methyl sites for hydroxylation is 2. The highest BCUT2D eigenvalue weighted by Gasteiger charge is 2.28. The molecule has 0 aromatic carbocycles. The number of anilines is 1. The van der Waals surface area contributed by atoms with Crippen molar-refractivity contribution >= 4 is 28.2 Å². The van der Waals surface area contributed by atoms with Gasteiger partial charge in [0, 0.05) is 23.3 Å². The highest BCUT2D eigenvalue weighted by atomic mass is 32.1. The Balaban J connectivity index is 1.58. The van der Waals surface area contributed by atoms with Gasteiger partial charge in [-0.1, -0.05) is 5.16 Å². The van der Waals surface area contributed by atoms with Gasteiger partial charge in [-0.3, -0.25) is 9.78 Å². The van der Waals surface area contributed by atoms with E-state index in [0.29, 0.717) is 21.9 Å². The maximum atomic E-state index is 12.9. The van der Waals surface area contributed by atoms with E-state index in [9.17, 15) is 9.59 Å². The third kappa shape index (κ3) is 3.82. The van der Waals surface area contributed by atoms with Crippen molar-refractivity contribution in [1.29, 1.82) is 0 Å². The van der Waals surface area contributed by atoms with Gasteiger partial charge in [0.1, 0.15) is 5.00 Å². The van der Waals surface area contributed by atoms with Gasteiger partial charge >= 0.3 is 5.97 Å². The molecule has 144 valence electrons. The summed E-state index contributed by atoms with van der Waals surface area (Å²) in [5.74, 6) is -0.280. The number of fused-ring (bicyclic) bond motifs is 1. The fourth-order valence-electron chi connectivity index (χ4n) is 3.24. The number of thiophene rings is 1. The first-order valence-electron chi connectivity index (χ1n) is 9.07. The number of hydrogen-bond acceptors (Lipinski definition) is 7. The zero-order valence-electron chi connectivity index (χ0n) is 15.4. The van der Waals surface area contributed by atoms with Gasteiger partial charge in [-0.05, 0) is 50.3 Å². The van der Waals surface area contributed by atoms with Gasteiger partial charge in [0.15, 0.2) is 12.4 Å². The Morgan fingerprint density at radius 2 is 2.18 bits per heavy atom. The monoisotopic (exact) mass is 397 g/mol. The zero-order chi connectivity index (χ0) is 19.5. The van der Waals surface area contributed by atoms with E-state index in [0.717, 1.165) is 41.8 Å². The average molecular weight is 397 g/mol. The average Bonchev–Trinajstić information content (AvgIpc) is 3.29. The quantitative estimate of drug-likeness (QED) is 0.656. The highest BCUT2D eigenvalue weighted by Crippen LogP contribution is 2.39. The minimum Gasteiger partial charge on any atom is -0.454 e. The van der Waals surface area contributed by atoms with Crippen LogP contribution < -0.4 is 5.32 Å². The van der Waals surface area contributed by atoms with Crippen molar-refractivity contribution < 1.29 is 18.8 Å². The Hall–Kier alpha value is -3.00. The molecule has 0 saturated heterocycles. The lowest BCUT2D eigenvalue weighted by atomic mass is 9.95. The van der Waals surface area contributed by atoms with Crippen LogP contribution in [0.1, 0.15) is 55.5 Å². The summed E-state index contributed by atoms with van der Waals surface area (Å²) in [5.41, 5.74) is 2.60. The molecule has 0 saturated carbocycles. The van der Waals surface area contributed by atoms with Crippen LogP contribution in [-0.4, -0.2) is 22.0 Å². The van der Waals surface area contributed by atoms with E-state index in [1.807, 2.05) is 0 Å². The van der Waals surface area contributed by atoms with E-state index in [-0.39, 0.29) is 12.5 Å². The number of hydrogen-bond donors (Lipinski definition) is 1. The molecular formula is C20H19N3O4S. The van der Waals surface area contributed by atoms with E-state index in [4.69, 9.17) is 9.26 Å². The molecule has 0 bridgehead atoms. The molecule has 3 heterocycles. The Morgan fingerprint density at radius 3 is 2.93 bits per heavy atom. The fraction of sp³-hybridized carbons (Fsp3) is 0.300. The highest BCUT2D eigenvalue weighted by molar-refractivity contribution is 7.17. The molecule has 28 heavy (non-hydrogen) atoms. The normalized spacial score (nSPS) is 13.0. The van der Waals surface area contributed by atoms with E-state index < -0.39 is 5.97 Å². The molecular weight excluding hydrogens is 378 g/mol. The largest absolute Gasteiger partial charge is 0.454 e. The molecule has 0 atom stereocenters. The Labute approximate surface area is 165 Å². The number of carbonyl (C=O) groups excluding carboxylic acids is 2. The molecule has 1 N–H and O–H groups in total. The molecule has 7 nitrogen and oxygen atoms in total. The first-order valence-corrected chi connectivity index (χ1v) is 9.88. The van der Waals surface area contributed by atoms with Gasteiger partial charge in [0.2, 0.25) is 0 Å². The standard InChI is InChI=1S/C20H19N3O4S/c1-12-9-14(27-23-12)11-26-20(25)17-15-6-2-3-7-16(15)28-19(17)22-18(24)13-5-4-8-21-10-13/h4-5,8-10H,2-3,6-7,11H2,1H3,(H,22,24). The van der Waals surface area contributed by atoms with Crippen LogP contribution in [0.5, 0.6) is 0 Å². The fourth-order valence-corrected chi connectivity index (χ4v) is 4.51. The van der Waals surface area contributed by atoms with Crippen LogP contribution in [0, 0.1) is 6.92 Å². The maximum Gasteiger partial charge on any atom is 0.341 e. The number of esters is 1. The van der Waals surface area contributed by atoms with Gasteiger partial charge in [0.05, 0.1) is 16.8 Å². The molecule has 0 fully saturated rings. The van der Waals surface area contributed by atoms with Gasteiger partial charge in [0.25, 0.3) is 5.91 Å². The summed E-state index contributed by atoms with van der Waals surface area (Å²) in [6, 6.07) is 5.10. The minimum absolute atomic E-state index is 0.000283. The van der Waals surface area contributed by atoms with E-state index in [1.165, 1.54) is 17.5 Å². The molecule has 1 aliphatic carbocycles. The number of rotatable bonds is 5.